The molecule has 216 valence electrons. The van der Waals surface area contributed by atoms with Crippen LogP contribution in [0.15, 0.2) is 120 Å². The molecule has 14 rings (SSSR count). The molecular formula is C42H28Cl2O. The molecule has 3 heteroatoms. The van der Waals surface area contributed by atoms with Crippen molar-refractivity contribution in [2.45, 2.75) is 35.9 Å². The fourth-order valence-electron chi connectivity index (χ4n) is 11.9. The van der Waals surface area contributed by atoms with Crippen LogP contribution in [0.3, 0.4) is 0 Å². The van der Waals surface area contributed by atoms with Crippen molar-refractivity contribution in [2.75, 3.05) is 0 Å². The molecular weight excluding hydrogens is 591 g/mol. The summed E-state index contributed by atoms with van der Waals surface area (Å²) in [4.78, 5) is 0. The maximum atomic E-state index is 7.22. The van der Waals surface area contributed by atoms with Crippen LogP contribution in [0.5, 0.6) is 0 Å². The first kappa shape index (κ1) is 24.6. The molecule has 0 aromatic heterocycles. The molecule has 2 heterocycles. The summed E-state index contributed by atoms with van der Waals surface area (Å²) in [6.07, 6.45) is 0.0480. The Morgan fingerprint density at radius 3 is 1.04 bits per heavy atom. The predicted octanol–water partition coefficient (Wildman–Crippen LogP) is 10.5. The number of fused-ring (bicyclic) bond motifs is 8. The topological polar surface area (TPSA) is 9.23 Å². The Kier molecular flexibility index (Phi) is 4.48. The Morgan fingerprint density at radius 1 is 0.400 bits per heavy atom. The van der Waals surface area contributed by atoms with Gasteiger partial charge in [0, 0.05) is 35.5 Å². The minimum atomic E-state index is 0.0240. The second-order valence-electron chi connectivity index (χ2n) is 14.3. The molecule has 6 atom stereocenters. The number of rotatable bonds is 0. The van der Waals surface area contributed by atoms with Crippen molar-refractivity contribution in [3.8, 4) is 0 Å². The average Bonchev–Trinajstić information content (AvgIpc) is 3.65. The smallest absolute Gasteiger partial charge is 0.0875 e. The largest absolute Gasteiger partial charge is 0.365 e. The van der Waals surface area contributed by atoms with Crippen molar-refractivity contribution in [3.05, 3.63) is 186 Å². The van der Waals surface area contributed by atoms with Crippen LogP contribution in [-0.4, -0.2) is 0 Å². The van der Waals surface area contributed by atoms with Gasteiger partial charge in [-0.15, -0.1) is 0 Å². The zero-order valence-electron chi connectivity index (χ0n) is 24.3. The predicted molar refractivity (Wildman–Crippen MR) is 177 cm³/mol. The van der Waals surface area contributed by atoms with Gasteiger partial charge in [-0.25, -0.2) is 0 Å². The minimum absolute atomic E-state index is 0.0240. The average molecular weight is 620 g/mol. The van der Waals surface area contributed by atoms with Gasteiger partial charge in [0.05, 0.1) is 22.3 Å². The van der Waals surface area contributed by atoms with E-state index in [0.717, 1.165) is 0 Å². The normalized spacial score (nSPS) is 34.3. The molecule has 1 nitrogen and oxygen atoms in total. The second kappa shape index (κ2) is 8.20. The first-order valence-electron chi connectivity index (χ1n) is 16.4. The quantitative estimate of drug-likeness (QED) is 0.157. The number of ether oxygens (including phenoxy) is 1. The van der Waals surface area contributed by atoms with Crippen LogP contribution in [-0.2, 0) is 4.74 Å². The molecule has 6 bridgehead atoms. The van der Waals surface area contributed by atoms with E-state index in [9.17, 15) is 0 Å². The van der Waals surface area contributed by atoms with Gasteiger partial charge in [-0.3, -0.25) is 0 Å². The maximum absolute atomic E-state index is 7.22. The summed E-state index contributed by atoms with van der Waals surface area (Å²) in [5, 5.41) is 1.27. The van der Waals surface area contributed by atoms with Crippen LogP contribution in [0.4, 0.5) is 0 Å². The molecule has 9 aliphatic rings. The Bertz CT molecular complexity index is 1960. The lowest BCUT2D eigenvalue weighted by Gasteiger charge is -2.61. The fourth-order valence-corrected chi connectivity index (χ4v) is 12.2. The summed E-state index contributed by atoms with van der Waals surface area (Å²) >= 11 is 13.4. The number of halogens is 2. The first-order valence-corrected chi connectivity index (χ1v) is 17.2. The van der Waals surface area contributed by atoms with Gasteiger partial charge in [0.25, 0.3) is 0 Å². The molecule has 1 fully saturated rings. The standard InChI is InChI=1S/C42H28Cl2O/c43-29-17-27-28(18-30(29)44)42-40-38-34-25-15-7-3-11-21(25)32(22-12-4-8-16-26(22)34)36(38)35-31-19-9-1-5-13-23(19)33(24-14-6-2-10-20(24)31)37(35)39(40)41(27)45-42/h1-18,31-34,37-42H/t31?,32?,33?,34?,37-,38-,39-,40+,41+,42+/m0/s1. The number of hydrogen-bond acceptors (Lipinski definition) is 1. The molecule has 7 aliphatic carbocycles. The lowest BCUT2D eigenvalue weighted by atomic mass is 9.41. The van der Waals surface area contributed by atoms with Gasteiger partial charge in [-0.1, -0.05) is 131 Å². The number of benzene rings is 5. The van der Waals surface area contributed by atoms with Crippen LogP contribution in [0.25, 0.3) is 0 Å². The van der Waals surface area contributed by atoms with E-state index < -0.39 is 0 Å². The van der Waals surface area contributed by atoms with Crippen LogP contribution in [0.2, 0.25) is 10.0 Å². The number of allylic oxidation sites excluding steroid dienone is 2. The summed E-state index contributed by atoms with van der Waals surface area (Å²) in [5.74, 6) is 2.69. The van der Waals surface area contributed by atoms with Gasteiger partial charge in [-0.05, 0) is 79.6 Å². The van der Waals surface area contributed by atoms with E-state index in [1.807, 2.05) is 0 Å². The summed E-state index contributed by atoms with van der Waals surface area (Å²) in [6.45, 7) is 0. The molecule has 2 aliphatic heterocycles. The Hall–Kier alpha value is -3.62. The maximum Gasteiger partial charge on any atom is 0.0875 e. The van der Waals surface area contributed by atoms with Crippen molar-refractivity contribution in [3.63, 3.8) is 0 Å². The van der Waals surface area contributed by atoms with Gasteiger partial charge in [0.1, 0.15) is 0 Å². The highest BCUT2D eigenvalue weighted by molar-refractivity contribution is 6.42. The van der Waals surface area contributed by atoms with E-state index in [2.05, 4.69) is 109 Å². The monoisotopic (exact) mass is 618 g/mol. The van der Waals surface area contributed by atoms with Crippen LogP contribution < -0.4 is 0 Å². The zero-order valence-corrected chi connectivity index (χ0v) is 25.8. The van der Waals surface area contributed by atoms with Crippen LogP contribution in [0.1, 0.15) is 91.5 Å². The lowest BCUT2D eigenvalue weighted by Crippen LogP contribution is -2.52. The Labute approximate surface area is 272 Å². The highest BCUT2D eigenvalue weighted by atomic mass is 35.5. The van der Waals surface area contributed by atoms with Crippen LogP contribution >= 0.6 is 23.2 Å². The van der Waals surface area contributed by atoms with Crippen molar-refractivity contribution < 1.29 is 4.74 Å². The van der Waals surface area contributed by atoms with E-state index in [0.29, 0.717) is 45.6 Å². The molecule has 1 saturated heterocycles. The van der Waals surface area contributed by atoms with Crippen molar-refractivity contribution in [1.82, 2.24) is 0 Å². The van der Waals surface area contributed by atoms with Gasteiger partial charge in [0.15, 0.2) is 0 Å². The molecule has 0 radical (unpaired) electrons. The highest BCUT2D eigenvalue weighted by Crippen LogP contribution is 2.77. The van der Waals surface area contributed by atoms with Crippen molar-refractivity contribution in [1.29, 1.82) is 0 Å². The van der Waals surface area contributed by atoms with E-state index in [-0.39, 0.29) is 24.0 Å². The molecule has 0 amide bonds. The molecule has 0 N–H and O–H groups in total. The van der Waals surface area contributed by atoms with E-state index in [4.69, 9.17) is 27.9 Å². The second-order valence-corrected chi connectivity index (χ2v) is 15.1. The van der Waals surface area contributed by atoms with E-state index >= 15 is 0 Å². The lowest BCUT2D eigenvalue weighted by molar-refractivity contribution is 0.0469. The summed E-state index contributed by atoms with van der Waals surface area (Å²) in [5.41, 5.74) is 18.1. The minimum Gasteiger partial charge on any atom is -0.365 e. The van der Waals surface area contributed by atoms with Gasteiger partial charge in [-0.2, -0.15) is 0 Å². The van der Waals surface area contributed by atoms with Crippen molar-refractivity contribution >= 4 is 23.2 Å². The summed E-state index contributed by atoms with van der Waals surface area (Å²) < 4.78 is 7.22. The van der Waals surface area contributed by atoms with Crippen molar-refractivity contribution in [2.24, 2.45) is 23.7 Å². The third kappa shape index (κ3) is 2.70. The molecule has 0 saturated carbocycles. The molecule has 5 aromatic rings. The van der Waals surface area contributed by atoms with Gasteiger partial charge >= 0.3 is 0 Å². The first-order chi connectivity index (χ1) is 22.2. The third-order valence-electron chi connectivity index (χ3n) is 13.0. The molecule has 0 unspecified atom stereocenters. The zero-order chi connectivity index (χ0) is 29.3. The number of hydrogen-bond donors (Lipinski definition) is 0. The molecule has 0 spiro atoms. The Morgan fingerprint density at radius 2 is 0.711 bits per heavy atom. The SMILES string of the molecule is Clc1cc2c(cc1Cl)[C@H]1O[C@H]2[C@H]2[C@@H]1[C@@H]1C(=C3C4c5ccccc5C(c5ccccc54)[C@@H]32)C2c3ccccc3C1c1ccccc12. The van der Waals surface area contributed by atoms with E-state index in [1.165, 1.54) is 55.6 Å². The molecule has 5 aromatic carbocycles. The summed E-state index contributed by atoms with van der Waals surface area (Å²) in [7, 11) is 0. The van der Waals surface area contributed by atoms with Gasteiger partial charge in [0.2, 0.25) is 0 Å². The summed E-state index contributed by atoms with van der Waals surface area (Å²) in [6, 6.07) is 41.6. The van der Waals surface area contributed by atoms with Gasteiger partial charge < -0.3 is 4.74 Å². The van der Waals surface area contributed by atoms with E-state index in [1.54, 1.807) is 11.1 Å². The third-order valence-corrected chi connectivity index (χ3v) is 13.7. The highest BCUT2D eigenvalue weighted by Gasteiger charge is 2.68. The fraction of sp³-hybridized carbons (Fsp3) is 0.238. The Balaban J connectivity index is 1.23. The van der Waals surface area contributed by atoms with Crippen LogP contribution in [0, 0.1) is 23.7 Å². The molecule has 45 heavy (non-hydrogen) atoms.